The van der Waals surface area contributed by atoms with Crippen LogP contribution < -0.4 is 4.74 Å². The standard InChI is InChI=1S/C26H25NO4S/c1-17(2)21-11-9-18(3)15-23(21)30-14-13-27-25(28)24(32-26(27)29)16-20-10-12-22(31-20)19-7-5-4-6-8-19/h4-12,15-17H,13-14H2,1-3H3/b24-16-. The molecule has 0 aliphatic carbocycles. The van der Waals surface area contributed by atoms with Crippen LogP contribution in [0.15, 0.2) is 70.0 Å². The third-order valence-electron chi connectivity index (χ3n) is 5.20. The van der Waals surface area contributed by atoms with E-state index in [1.807, 2.05) is 49.4 Å². The van der Waals surface area contributed by atoms with E-state index in [2.05, 4.69) is 26.0 Å². The first-order chi connectivity index (χ1) is 15.4. The lowest BCUT2D eigenvalue weighted by Gasteiger charge is -2.17. The van der Waals surface area contributed by atoms with Crippen molar-refractivity contribution in [1.82, 2.24) is 4.90 Å². The maximum atomic E-state index is 12.8. The van der Waals surface area contributed by atoms with E-state index < -0.39 is 0 Å². The topological polar surface area (TPSA) is 59.8 Å². The van der Waals surface area contributed by atoms with Crippen molar-refractivity contribution in [3.8, 4) is 17.1 Å². The maximum Gasteiger partial charge on any atom is 0.293 e. The Morgan fingerprint density at radius 2 is 1.84 bits per heavy atom. The zero-order valence-corrected chi connectivity index (χ0v) is 19.1. The highest BCUT2D eigenvalue weighted by Gasteiger charge is 2.35. The van der Waals surface area contributed by atoms with E-state index in [1.165, 1.54) is 4.90 Å². The molecule has 1 aliphatic rings. The quantitative estimate of drug-likeness (QED) is 0.387. The van der Waals surface area contributed by atoms with Crippen molar-refractivity contribution >= 4 is 29.0 Å². The smallest absolute Gasteiger partial charge is 0.293 e. The summed E-state index contributed by atoms with van der Waals surface area (Å²) in [6.07, 6.45) is 1.62. The van der Waals surface area contributed by atoms with Crippen molar-refractivity contribution in [1.29, 1.82) is 0 Å². The number of ether oxygens (including phenoxy) is 1. The van der Waals surface area contributed by atoms with Crippen LogP contribution in [0.5, 0.6) is 5.75 Å². The van der Waals surface area contributed by atoms with Crippen molar-refractivity contribution in [3.63, 3.8) is 0 Å². The van der Waals surface area contributed by atoms with Crippen LogP contribution >= 0.6 is 11.8 Å². The number of carbonyl (C=O) groups is 2. The first kappa shape index (κ1) is 22.0. The maximum absolute atomic E-state index is 12.8. The number of hydrogen-bond acceptors (Lipinski definition) is 5. The van der Waals surface area contributed by atoms with Crippen LogP contribution in [0.3, 0.4) is 0 Å². The van der Waals surface area contributed by atoms with Crippen LogP contribution in [-0.2, 0) is 4.79 Å². The Kier molecular flexibility index (Phi) is 6.51. The second-order valence-corrected chi connectivity index (χ2v) is 8.94. The van der Waals surface area contributed by atoms with Crippen molar-refractivity contribution in [2.24, 2.45) is 0 Å². The Hall–Kier alpha value is -3.25. The number of carbonyl (C=O) groups excluding carboxylic acids is 2. The molecule has 0 saturated carbocycles. The van der Waals surface area contributed by atoms with E-state index in [0.29, 0.717) is 22.3 Å². The van der Waals surface area contributed by atoms with Crippen LogP contribution in [0.4, 0.5) is 4.79 Å². The molecule has 0 unspecified atom stereocenters. The van der Waals surface area contributed by atoms with E-state index in [0.717, 1.165) is 34.2 Å². The molecule has 3 aromatic rings. The molecular formula is C26H25NO4S. The summed E-state index contributed by atoms with van der Waals surface area (Å²) in [5.41, 5.74) is 3.16. The van der Waals surface area contributed by atoms with Crippen LogP contribution in [-0.4, -0.2) is 29.2 Å². The summed E-state index contributed by atoms with van der Waals surface area (Å²) >= 11 is 0.921. The molecule has 164 valence electrons. The van der Waals surface area contributed by atoms with Gasteiger partial charge in [-0.1, -0.05) is 56.3 Å². The predicted molar refractivity (Wildman–Crippen MR) is 128 cm³/mol. The Balaban J connectivity index is 1.42. The summed E-state index contributed by atoms with van der Waals surface area (Å²) in [5, 5.41) is -0.298. The van der Waals surface area contributed by atoms with Crippen molar-refractivity contribution in [2.45, 2.75) is 26.7 Å². The lowest BCUT2D eigenvalue weighted by atomic mass is 10.0. The zero-order chi connectivity index (χ0) is 22.7. The lowest BCUT2D eigenvalue weighted by Crippen LogP contribution is -2.32. The molecular weight excluding hydrogens is 422 g/mol. The molecule has 0 atom stereocenters. The molecule has 32 heavy (non-hydrogen) atoms. The number of aryl methyl sites for hydroxylation is 1. The number of rotatable bonds is 7. The normalized spacial score (nSPS) is 15.2. The monoisotopic (exact) mass is 447 g/mol. The zero-order valence-electron chi connectivity index (χ0n) is 18.3. The minimum atomic E-state index is -0.324. The minimum absolute atomic E-state index is 0.195. The molecule has 4 rings (SSSR count). The Labute approximate surface area is 192 Å². The summed E-state index contributed by atoms with van der Waals surface area (Å²) in [7, 11) is 0. The van der Waals surface area contributed by atoms with Crippen LogP contribution in [0.25, 0.3) is 17.4 Å². The summed E-state index contributed by atoms with van der Waals surface area (Å²) < 4.78 is 11.8. The van der Waals surface area contributed by atoms with Gasteiger partial charge in [-0.15, -0.1) is 0 Å². The summed E-state index contributed by atoms with van der Waals surface area (Å²) in [5.74, 6) is 2.04. The van der Waals surface area contributed by atoms with Crippen molar-refractivity contribution in [2.75, 3.05) is 13.2 Å². The highest BCUT2D eigenvalue weighted by molar-refractivity contribution is 8.18. The minimum Gasteiger partial charge on any atom is -0.491 e. The number of thioether (sulfide) groups is 1. The second-order valence-electron chi connectivity index (χ2n) is 7.95. The number of imide groups is 1. The molecule has 2 aromatic carbocycles. The van der Waals surface area contributed by atoms with Gasteiger partial charge in [0.2, 0.25) is 0 Å². The van der Waals surface area contributed by atoms with Gasteiger partial charge in [-0.25, -0.2) is 0 Å². The molecule has 1 aliphatic heterocycles. The molecule has 2 amide bonds. The van der Waals surface area contributed by atoms with Crippen LogP contribution in [0.2, 0.25) is 0 Å². The number of benzene rings is 2. The highest BCUT2D eigenvalue weighted by atomic mass is 32.2. The number of amides is 2. The van der Waals surface area contributed by atoms with E-state index in [4.69, 9.17) is 9.15 Å². The third kappa shape index (κ3) is 4.81. The average Bonchev–Trinajstić information content (AvgIpc) is 3.34. The van der Waals surface area contributed by atoms with Crippen LogP contribution in [0.1, 0.15) is 36.7 Å². The summed E-state index contributed by atoms with van der Waals surface area (Å²) in [6.45, 7) is 6.66. The molecule has 1 saturated heterocycles. The van der Waals surface area contributed by atoms with Gasteiger partial charge in [0, 0.05) is 11.6 Å². The largest absolute Gasteiger partial charge is 0.491 e. The van der Waals surface area contributed by atoms with Crippen molar-refractivity contribution in [3.05, 3.63) is 82.5 Å². The second kappa shape index (κ2) is 9.49. The fourth-order valence-electron chi connectivity index (χ4n) is 3.50. The fourth-order valence-corrected chi connectivity index (χ4v) is 4.35. The first-order valence-corrected chi connectivity index (χ1v) is 11.4. The molecule has 6 heteroatoms. The molecule has 0 N–H and O–H groups in total. The summed E-state index contributed by atoms with van der Waals surface area (Å²) in [4.78, 5) is 26.8. The first-order valence-electron chi connectivity index (χ1n) is 10.6. The Morgan fingerprint density at radius 3 is 2.59 bits per heavy atom. The van der Waals surface area contributed by atoms with Crippen LogP contribution in [0, 0.1) is 6.92 Å². The van der Waals surface area contributed by atoms with Gasteiger partial charge in [0.1, 0.15) is 23.9 Å². The summed E-state index contributed by atoms with van der Waals surface area (Å²) in [6, 6.07) is 19.5. The average molecular weight is 448 g/mol. The Morgan fingerprint density at radius 1 is 1.06 bits per heavy atom. The molecule has 0 spiro atoms. The lowest BCUT2D eigenvalue weighted by molar-refractivity contribution is -0.123. The number of furan rings is 1. The molecule has 1 fully saturated rings. The molecule has 1 aromatic heterocycles. The van der Waals surface area contributed by atoms with E-state index in [9.17, 15) is 9.59 Å². The van der Waals surface area contributed by atoms with Crippen molar-refractivity contribution < 1.29 is 18.7 Å². The van der Waals surface area contributed by atoms with Gasteiger partial charge in [0.15, 0.2) is 0 Å². The van der Waals surface area contributed by atoms with Gasteiger partial charge in [-0.2, -0.15) is 0 Å². The van der Waals surface area contributed by atoms with E-state index in [-0.39, 0.29) is 24.3 Å². The van der Waals surface area contributed by atoms with Gasteiger partial charge in [-0.05, 0) is 53.9 Å². The third-order valence-corrected chi connectivity index (χ3v) is 6.10. The van der Waals surface area contributed by atoms with Gasteiger partial charge in [-0.3, -0.25) is 14.5 Å². The Bertz CT molecular complexity index is 1160. The van der Waals surface area contributed by atoms with Gasteiger partial charge in [0.05, 0.1) is 11.4 Å². The van der Waals surface area contributed by atoms with Gasteiger partial charge >= 0.3 is 0 Å². The predicted octanol–water partition coefficient (Wildman–Crippen LogP) is 6.49. The number of hydrogen-bond donors (Lipinski definition) is 0. The molecule has 5 nitrogen and oxygen atoms in total. The van der Waals surface area contributed by atoms with E-state index in [1.54, 1.807) is 12.1 Å². The molecule has 2 heterocycles. The van der Waals surface area contributed by atoms with Gasteiger partial charge < -0.3 is 9.15 Å². The van der Waals surface area contributed by atoms with E-state index >= 15 is 0 Å². The number of nitrogens with zero attached hydrogens (tertiary/aromatic N) is 1. The molecule has 0 radical (unpaired) electrons. The fraction of sp³-hybridized carbons (Fsp3) is 0.231. The SMILES string of the molecule is Cc1ccc(C(C)C)c(OCCN2C(=O)S/C(=C\c3ccc(-c4ccccc4)o3)C2=O)c1. The highest BCUT2D eigenvalue weighted by Crippen LogP contribution is 2.33. The molecule has 0 bridgehead atoms. The van der Waals surface area contributed by atoms with Gasteiger partial charge in [0.25, 0.3) is 11.1 Å².